The van der Waals surface area contributed by atoms with E-state index in [1.54, 1.807) is 92.7 Å². The average Bonchev–Trinajstić information content (AvgIpc) is 1.59. The van der Waals surface area contributed by atoms with Crippen molar-refractivity contribution < 1.29 is 45.1 Å². The quantitative estimate of drug-likeness (QED) is 0.100. The second-order valence-corrected chi connectivity index (χ2v) is 23.4. The second-order valence-electron chi connectivity index (χ2n) is 23.0. The van der Waals surface area contributed by atoms with Crippen molar-refractivity contribution in [3.05, 3.63) is 323 Å². The van der Waals surface area contributed by atoms with Gasteiger partial charge in [0.15, 0.2) is 34.9 Å². The zero-order valence-electron chi connectivity index (χ0n) is 53.4. The highest BCUT2D eigenvalue weighted by Gasteiger charge is 2.23. The Bertz CT molecular complexity index is 5460. The third kappa shape index (κ3) is 14.3. The van der Waals surface area contributed by atoms with Gasteiger partial charge in [0.2, 0.25) is 0 Å². The number of fused-ring (bicyclic) bond motifs is 3. The highest BCUT2D eigenvalue weighted by molar-refractivity contribution is 6.34. The van der Waals surface area contributed by atoms with Crippen LogP contribution in [0.1, 0.15) is 55.6 Å². The predicted octanol–water partition coefficient (Wildman–Crippen LogP) is 19.1. The molecule has 0 unspecified atom stereocenters. The summed E-state index contributed by atoms with van der Waals surface area (Å²) in [6.07, 6.45) is 9.80. The molecule has 9 aromatic heterocycles. The number of carbonyl (C=O) groups excluding carboxylic acids is 3. The van der Waals surface area contributed by atoms with Crippen molar-refractivity contribution in [3.8, 4) is 67.9 Å². The number of rotatable bonds is 12. The molecule has 0 spiro atoms. The highest BCUT2D eigenvalue weighted by atomic mass is 35.5. The summed E-state index contributed by atoms with van der Waals surface area (Å²) in [6.45, 7) is 5.78. The monoisotopic (exact) mass is 1390 g/mol. The van der Waals surface area contributed by atoms with E-state index in [-0.39, 0.29) is 69.8 Å². The van der Waals surface area contributed by atoms with Gasteiger partial charge in [-0.15, -0.1) is 0 Å². The molecule has 0 aliphatic rings. The normalized spacial score (nSPS) is 10.9. The van der Waals surface area contributed by atoms with Crippen LogP contribution in [0.3, 0.4) is 0 Å². The highest BCUT2D eigenvalue weighted by Crippen LogP contribution is 2.35. The number of halogens is 8. The van der Waals surface area contributed by atoms with Crippen LogP contribution >= 0.6 is 11.6 Å². The molecule has 0 fully saturated rings. The predicted molar refractivity (Wildman–Crippen MR) is 380 cm³/mol. The Labute approximate surface area is 583 Å². The first kappa shape index (κ1) is 69.0. The average molecular weight is 1390 g/mol. The van der Waals surface area contributed by atoms with Crippen LogP contribution in [0.2, 0.25) is 5.02 Å². The molecule has 102 heavy (non-hydrogen) atoms. The van der Waals surface area contributed by atoms with Crippen molar-refractivity contribution in [3.63, 3.8) is 0 Å². The topological polar surface area (TPSA) is 178 Å². The van der Waals surface area contributed by atoms with Gasteiger partial charge in [-0.2, -0.15) is 0 Å². The Kier molecular flexibility index (Phi) is 20.0. The summed E-state index contributed by atoms with van der Waals surface area (Å²) >= 11 is 6.23. The number of aromatic nitrogens is 9. The van der Waals surface area contributed by atoms with Gasteiger partial charge >= 0.3 is 0 Å². The van der Waals surface area contributed by atoms with Gasteiger partial charge in [0.05, 0.1) is 73.9 Å². The Morgan fingerprint density at radius 2 is 0.716 bits per heavy atom. The molecular formula is C79H56ClF7N12O3. The number of pyridine rings is 6. The van der Waals surface area contributed by atoms with E-state index in [4.69, 9.17) is 11.6 Å². The van der Waals surface area contributed by atoms with Gasteiger partial charge in [-0.25, -0.2) is 60.6 Å². The summed E-state index contributed by atoms with van der Waals surface area (Å²) in [4.78, 5) is 65.0. The number of aryl methyl sites for hydroxylation is 3. The lowest BCUT2D eigenvalue weighted by Gasteiger charge is -2.11. The number of benzene rings is 6. The van der Waals surface area contributed by atoms with Gasteiger partial charge in [-0.3, -0.25) is 27.6 Å². The smallest absolute Gasteiger partial charge is 0.275 e. The van der Waals surface area contributed by atoms with Crippen molar-refractivity contribution in [2.75, 3.05) is 16.0 Å². The van der Waals surface area contributed by atoms with Gasteiger partial charge in [-0.05, 0) is 178 Å². The minimum absolute atomic E-state index is 0. The maximum Gasteiger partial charge on any atom is 0.275 e. The largest absolute Gasteiger partial charge is 0.321 e. The van der Waals surface area contributed by atoms with Crippen LogP contribution in [-0.4, -0.2) is 60.8 Å². The van der Waals surface area contributed by atoms with E-state index in [1.807, 2.05) is 93.6 Å². The van der Waals surface area contributed by atoms with Gasteiger partial charge in [0.25, 0.3) is 17.7 Å². The Morgan fingerprint density at radius 3 is 1.15 bits per heavy atom. The zero-order chi connectivity index (χ0) is 70.6. The van der Waals surface area contributed by atoms with Crippen LogP contribution in [-0.2, 0) is 0 Å². The number of hydrogen-bond donors (Lipinski definition) is 3. The molecule has 0 bridgehead atoms. The number of carbonyl (C=O) groups is 3. The van der Waals surface area contributed by atoms with Gasteiger partial charge in [0, 0.05) is 52.3 Å². The van der Waals surface area contributed by atoms with E-state index >= 15 is 0 Å². The Balaban J connectivity index is 0.000000144. The van der Waals surface area contributed by atoms with E-state index in [9.17, 15) is 45.1 Å². The third-order valence-corrected chi connectivity index (χ3v) is 16.5. The lowest BCUT2D eigenvalue weighted by Crippen LogP contribution is -2.15. The SMILES string of the molecule is C.Cc1ccc(NC(=O)c2cccc(-c3cccn4c(-c5cccc(F)c5F)ncc34)n2)cc1.Cc1ccc(NC(=O)c2nc(-c3cccn4c(-c5cccc(F)c5F)ncc34)ccc2C)cc1.O=C(Nc1ccc(F)cc1)c1nc(-c2cccn3c(-c4cccc(F)c4F)ncc23)ccc1Cl. The fourth-order valence-corrected chi connectivity index (χ4v) is 11.3. The van der Waals surface area contributed by atoms with Crippen molar-refractivity contribution in [2.24, 2.45) is 0 Å². The number of hydrogen-bond acceptors (Lipinski definition) is 9. The molecule has 3 amide bonds. The third-order valence-electron chi connectivity index (χ3n) is 16.2. The molecule has 6 aromatic carbocycles. The number of anilines is 3. The standard InChI is InChI=1S/C27H20F2N4O.C26H18F2N4O.C25H14ClF3N4O.CH4/c1-16-8-11-18(12-9-16)31-27(34)25-17(2)10-13-22(32-25)19-6-4-14-33-23(19)15-30-26(33)20-5-3-7-21(28)24(20)29;1-16-10-12-17(13-11-16)30-26(33)22-9-3-8-21(31-22)18-6-4-14-32-23(18)15-29-25(32)19-5-2-7-20(27)24(19)28;26-18-10-11-20(32-23(18)25(34)31-15-8-6-14(27)7-9-15)16-4-2-12-33-21(16)13-30-24(33)17-3-1-5-19(28)22(17)29;/h3-15H,1-2H3,(H,31,34);2-15H,1H3,(H,30,33);1-13H,(H,31,34);1H4. The van der Waals surface area contributed by atoms with Crippen LogP contribution in [0, 0.1) is 61.5 Å². The molecule has 0 radical (unpaired) electrons. The molecule has 9 heterocycles. The van der Waals surface area contributed by atoms with Crippen LogP contribution in [0.15, 0.2) is 243 Å². The van der Waals surface area contributed by atoms with Gasteiger partial charge < -0.3 is 16.0 Å². The van der Waals surface area contributed by atoms with Crippen molar-refractivity contribution in [1.29, 1.82) is 0 Å². The van der Waals surface area contributed by atoms with Crippen molar-refractivity contribution in [1.82, 2.24) is 43.1 Å². The molecule has 0 saturated heterocycles. The molecule has 15 aromatic rings. The van der Waals surface area contributed by atoms with Crippen LogP contribution in [0.4, 0.5) is 47.8 Å². The molecule has 3 N–H and O–H groups in total. The summed E-state index contributed by atoms with van der Waals surface area (Å²) in [5.74, 6) is -6.62. The number of nitrogens with one attached hydrogen (secondary N) is 3. The summed E-state index contributed by atoms with van der Waals surface area (Å²) in [6, 6.07) is 54.9. The molecule has 15 nitrogen and oxygen atoms in total. The number of imidazole rings is 3. The first-order valence-electron chi connectivity index (χ1n) is 31.0. The van der Waals surface area contributed by atoms with Crippen LogP contribution < -0.4 is 16.0 Å². The Hall–Kier alpha value is -13.0. The van der Waals surface area contributed by atoms with Crippen LogP contribution in [0.5, 0.6) is 0 Å². The first-order valence-corrected chi connectivity index (χ1v) is 31.4. The van der Waals surface area contributed by atoms with Crippen molar-refractivity contribution in [2.45, 2.75) is 28.2 Å². The maximum atomic E-state index is 14.4. The summed E-state index contributed by atoms with van der Waals surface area (Å²) < 4.78 is 103. The molecule has 0 aliphatic heterocycles. The molecule has 23 heteroatoms. The van der Waals surface area contributed by atoms with E-state index < -0.39 is 46.6 Å². The minimum Gasteiger partial charge on any atom is -0.321 e. The Morgan fingerprint density at radius 1 is 0.363 bits per heavy atom. The maximum absolute atomic E-state index is 14.4. The molecule has 506 valence electrons. The van der Waals surface area contributed by atoms with Crippen LogP contribution in [0.25, 0.3) is 84.5 Å². The summed E-state index contributed by atoms with van der Waals surface area (Å²) in [7, 11) is 0. The fourth-order valence-electron chi connectivity index (χ4n) is 11.1. The van der Waals surface area contributed by atoms with E-state index in [1.165, 1.54) is 72.9 Å². The van der Waals surface area contributed by atoms with Gasteiger partial charge in [-0.1, -0.05) is 84.8 Å². The van der Waals surface area contributed by atoms with Gasteiger partial charge in [0.1, 0.15) is 40.4 Å². The molecular weight excluding hydrogens is 1330 g/mol. The first-order chi connectivity index (χ1) is 48.8. The van der Waals surface area contributed by atoms with E-state index in [0.717, 1.165) is 34.9 Å². The zero-order valence-corrected chi connectivity index (χ0v) is 54.1. The second kappa shape index (κ2) is 29.6. The fraction of sp³-hybridized carbons (Fsp3) is 0.0506. The lowest BCUT2D eigenvalue weighted by molar-refractivity contribution is 0.101. The molecule has 15 rings (SSSR count). The number of nitrogens with zero attached hydrogens (tertiary/aromatic N) is 9. The molecule has 0 atom stereocenters. The molecule has 0 saturated carbocycles. The summed E-state index contributed by atoms with van der Waals surface area (Å²) in [5.41, 5.74) is 10.8. The summed E-state index contributed by atoms with van der Waals surface area (Å²) in [5, 5.41) is 8.49. The van der Waals surface area contributed by atoms with Crippen molar-refractivity contribution >= 4 is 62.9 Å². The van der Waals surface area contributed by atoms with E-state index in [2.05, 4.69) is 45.9 Å². The van der Waals surface area contributed by atoms with E-state index in [0.29, 0.717) is 73.1 Å². The molecule has 0 aliphatic carbocycles. The minimum atomic E-state index is -0.996. The number of amides is 3. The lowest BCUT2D eigenvalue weighted by atomic mass is 10.1.